The van der Waals surface area contributed by atoms with E-state index in [1.165, 1.54) is 57.4 Å². The standard InChI is InChI=1S/C17H30N4O/c1-19-16(21-12-6-3-7-13-21)15-18-17(19)22-14-8-11-20-9-4-2-5-10-20/h15H,2-14H2,1H3. The molecule has 0 amide bonds. The van der Waals surface area contributed by atoms with Gasteiger partial charge in [-0.1, -0.05) is 6.42 Å². The number of ether oxygens (including phenoxy) is 1. The minimum atomic E-state index is 0.763. The summed E-state index contributed by atoms with van der Waals surface area (Å²) in [6, 6.07) is 0.763. The van der Waals surface area contributed by atoms with E-state index in [2.05, 4.69) is 26.4 Å². The van der Waals surface area contributed by atoms with Gasteiger partial charge < -0.3 is 14.5 Å². The lowest BCUT2D eigenvalue weighted by molar-refractivity contribution is 0.199. The van der Waals surface area contributed by atoms with Crippen LogP contribution in [0.1, 0.15) is 44.9 Å². The average Bonchev–Trinajstić information content (AvgIpc) is 2.94. The molecule has 124 valence electrons. The smallest absolute Gasteiger partial charge is 0.297 e. The van der Waals surface area contributed by atoms with Crippen molar-refractivity contribution in [2.45, 2.75) is 44.9 Å². The molecule has 0 aromatic carbocycles. The maximum absolute atomic E-state index is 5.90. The number of piperidine rings is 2. The van der Waals surface area contributed by atoms with Crippen LogP contribution < -0.4 is 9.64 Å². The Kier molecular flexibility index (Phi) is 5.59. The fourth-order valence-electron chi connectivity index (χ4n) is 3.57. The van der Waals surface area contributed by atoms with Crippen molar-refractivity contribution < 1.29 is 4.74 Å². The first-order valence-corrected chi connectivity index (χ1v) is 8.96. The summed E-state index contributed by atoms with van der Waals surface area (Å²) in [5.41, 5.74) is 0. The highest BCUT2D eigenvalue weighted by atomic mass is 16.5. The lowest BCUT2D eigenvalue weighted by Crippen LogP contribution is -2.31. The molecule has 1 aromatic rings. The Balaban J connectivity index is 1.43. The van der Waals surface area contributed by atoms with Crippen LogP contribution in [-0.2, 0) is 7.05 Å². The predicted octanol–water partition coefficient (Wildman–Crippen LogP) is 2.67. The minimum Gasteiger partial charge on any atom is -0.465 e. The number of aromatic nitrogens is 2. The zero-order valence-electron chi connectivity index (χ0n) is 14.0. The highest BCUT2D eigenvalue weighted by molar-refractivity contribution is 5.40. The molecule has 2 aliphatic heterocycles. The molecule has 0 N–H and O–H groups in total. The molecule has 22 heavy (non-hydrogen) atoms. The topological polar surface area (TPSA) is 33.5 Å². The van der Waals surface area contributed by atoms with Gasteiger partial charge in [0.15, 0.2) is 0 Å². The van der Waals surface area contributed by atoms with Crippen molar-refractivity contribution in [2.75, 3.05) is 44.2 Å². The summed E-state index contributed by atoms with van der Waals surface area (Å²) in [7, 11) is 2.07. The molecule has 0 unspecified atom stereocenters. The number of hydrogen-bond donors (Lipinski definition) is 0. The monoisotopic (exact) mass is 306 g/mol. The quantitative estimate of drug-likeness (QED) is 0.757. The molecule has 0 saturated carbocycles. The van der Waals surface area contributed by atoms with Gasteiger partial charge >= 0.3 is 0 Å². The van der Waals surface area contributed by atoms with Gasteiger partial charge in [-0.2, -0.15) is 0 Å². The van der Waals surface area contributed by atoms with E-state index in [1.807, 2.05) is 6.20 Å². The summed E-state index contributed by atoms with van der Waals surface area (Å²) in [6.45, 7) is 6.75. The second kappa shape index (κ2) is 7.86. The molecule has 5 heteroatoms. The van der Waals surface area contributed by atoms with Crippen molar-refractivity contribution in [3.63, 3.8) is 0 Å². The maximum Gasteiger partial charge on any atom is 0.297 e. The van der Waals surface area contributed by atoms with Crippen LogP contribution >= 0.6 is 0 Å². The third-order valence-corrected chi connectivity index (χ3v) is 4.90. The van der Waals surface area contributed by atoms with E-state index in [0.717, 1.165) is 38.7 Å². The average molecular weight is 306 g/mol. The first-order valence-electron chi connectivity index (χ1n) is 8.96. The second-order valence-corrected chi connectivity index (χ2v) is 6.61. The van der Waals surface area contributed by atoms with Crippen molar-refractivity contribution in [3.05, 3.63) is 6.20 Å². The molecule has 1 aromatic heterocycles. The molecular weight excluding hydrogens is 276 g/mol. The van der Waals surface area contributed by atoms with Crippen molar-refractivity contribution in [3.8, 4) is 6.01 Å². The van der Waals surface area contributed by atoms with Crippen molar-refractivity contribution in [2.24, 2.45) is 7.05 Å². The Hall–Kier alpha value is -1.23. The molecular formula is C17H30N4O. The summed E-state index contributed by atoms with van der Waals surface area (Å²) in [5.74, 6) is 1.20. The van der Waals surface area contributed by atoms with E-state index < -0.39 is 0 Å². The van der Waals surface area contributed by atoms with E-state index in [1.54, 1.807) is 0 Å². The van der Waals surface area contributed by atoms with Gasteiger partial charge in [-0.25, -0.2) is 4.98 Å². The molecule has 3 rings (SSSR count). The first-order chi connectivity index (χ1) is 10.8. The zero-order valence-corrected chi connectivity index (χ0v) is 14.0. The lowest BCUT2D eigenvalue weighted by atomic mass is 10.1. The summed E-state index contributed by atoms with van der Waals surface area (Å²) in [5, 5.41) is 0. The van der Waals surface area contributed by atoms with Crippen LogP contribution in [0.25, 0.3) is 0 Å². The molecule has 0 bridgehead atoms. The molecule has 0 atom stereocenters. The van der Waals surface area contributed by atoms with Gasteiger partial charge in [0.1, 0.15) is 5.82 Å². The third-order valence-electron chi connectivity index (χ3n) is 4.90. The van der Waals surface area contributed by atoms with Crippen molar-refractivity contribution in [1.82, 2.24) is 14.5 Å². The number of likely N-dealkylation sites (tertiary alicyclic amines) is 1. The molecule has 5 nitrogen and oxygen atoms in total. The van der Waals surface area contributed by atoms with Gasteiger partial charge in [-0.05, 0) is 51.6 Å². The van der Waals surface area contributed by atoms with Crippen LogP contribution in [-0.4, -0.2) is 53.8 Å². The van der Waals surface area contributed by atoms with Crippen LogP contribution in [0.3, 0.4) is 0 Å². The first kappa shape index (κ1) is 15.7. The SMILES string of the molecule is Cn1c(N2CCCCC2)cnc1OCCCN1CCCCC1. The predicted molar refractivity (Wildman–Crippen MR) is 89.7 cm³/mol. The lowest BCUT2D eigenvalue weighted by Gasteiger charge is -2.28. The molecule has 2 aliphatic rings. The number of hydrogen-bond acceptors (Lipinski definition) is 4. The molecule has 2 fully saturated rings. The molecule has 0 spiro atoms. The number of anilines is 1. The van der Waals surface area contributed by atoms with E-state index in [0.29, 0.717) is 0 Å². The van der Waals surface area contributed by atoms with Crippen molar-refractivity contribution in [1.29, 1.82) is 0 Å². The Morgan fingerprint density at radius 3 is 2.41 bits per heavy atom. The van der Waals surface area contributed by atoms with E-state index in [9.17, 15) is 0 Å². The van der Waals surface area contributed by atoms with Crippen LogP contribution in [0.2, 0.25) is 0 Å². The summed E-state index contributed by atoms with van der Waals surface area (Å²) < 4.78 is 8.00. The summed E-state index contributed by atoms with van der Waals surface area (Å²) in [4.78, 5) is 9.45. The number of nitrogens with zero attached hydrogens (tertiary/aromatic N) is 4. The van der Waals surface area contributed by atoms with Gasteiger partial charge in [0.25, 0.3) is 6.01 Å². The zero-order chi connectivity index (χ0) is 15.2. The van der Waals surface area contributed by atoms with E-state index in [-0.39, 0.29) is 0 Å². The highest BCUT2D eigenvalue weighted by Gasteiger charge is 2.17. The molecule has 3 heterocycles. The summed E-state index contributed by atoms with van der Waals surface area (Å²) in [6.07, 6.45) is 11.1. The maximum atomic E-state index is 5.90. The normalized spacial score (nSPS) is 20.3. The minimum absolute atomic E-state index is 0.763. The molecule has 0 radical (unpaired) electrons. The van der Waals surface area contributed by atoms with E-state index in [4.69, 9.17) is 4.74 Å². The van der Waals surface area contributed by atoms with Crippen LogP contribution in [0.15, 0.2) is 6.20 Å². The second-order valence-electron chi connectivity index (χ2n) is 6.61. The number of rotatable bonds is 6. The largest absolute Gasteiger partial charge is 0.465 e. The Morgan fingerprint density at radius 1 is 1.00 bits per heavy atom. The highest BCUT2D eigenvalue weighted by Crippen LogP contribution is 2.23. The van der Waals surface area contributed by atoms with Crippen LogP contribution in [0.5, 0.6) is 6.01 Å². The van der Waals surface area contributed by atoms with Gasteiger partial charge in [0, 0.05) is 26.7 Å². The van der Waals surface area contributed by atoms with Crippen LogP contribution in [0, 0.1) is 0 Å². The Bertz CT molecular complexity index is 448. The number of imidazole rings is 1. The van der Waals surface area contributed by atoms with Gasteiger partial charge in [-0.3, -0.25) is 4.57 Å². The van der Waals surface area contributed by atoms with Crippen molar-refractivity contribution >= 4 is 5.82 Å². The Labute approximate surface area is 134 Å². The van der Waals surface area contributed by atoms with Gasteiger partial charge in [0.05, 0.1) is 12.8 Å². The Morgan fingerprint density at radius 2 is 1.68 bits per heavy atom. The molecule has 0 aliphatic carbocycles. The fourth-order valence-corrected chi connectivity index (χ4v) is 3.57. The van der Waals surface area contributed by atoms with Crippen LogP contribution in [0.4, 0.5) is 5.82 Å². The third kappa shape index (κ3) is 3.94. The van der Waals surface area contributed by atoms with Gasteiger partial charge in [0.2, 0.25) is 0 Å². The molecule has 2 saturated heterocycles. The fraction of sp³-hybridized carbons (Fsp3) is 0.824. The summed E-state index contributed by atoms with van der Waals surface area (Å²) >= 11 is 0. The van der Waals surface area contributed by atoms with Gasteiger partial charge in [-0.15, -0.1) is 0 Å². The van der Waals surface area contributed by atoms with E-state index >= 15 is 0 Å².